The van der Waals surface area contributed by atoms with E-state index in [1.807, 2.05) is 54.6 Å². The van der Waals surface area contributed by atoms with Crippen LogP contribution in [0.2, 0.25) is 0 Å². The van der Waals surface area contributed by atoms with E-state index in [4.69, 9.17) is 0 Å². The van der Waals surface area contributed by atoms with Crippen LogP contribution in [0.3, 0.4) is 0 Å². The lowest BCUT2D eigenvalue weighted by molar-refractivity contribution is 0.0917. The molecule has 4 rings (SSSR count). The molecule has 0 saturated carbocycles. The number of benzene rings is 4. The molecular formula is C26H24N2O4S. The number of para-hydroxylation sites is 1. The molecule has 1 amide bonds. The number of amides is 1. The second kappa shape index (κ2) is 9.85. The third kappa shape index (κ3) is 5.39. The van der Waals surface area contributed by atoms with E-state index in [9.17, 15) is 18.3 Å². The summed E-state index contributed by atoms with van der Waals surface area (Å²) in [4.78, 5) is 13.1. The molecule has 168 valence electrons. The number of hydrogen-bond acceptors (Lipinski definition) is 4. The van der Waals surface area contributed by atoms with Gasteiger partial charge in [-0.25, -0.2) is 8.42 Å². The summed E-state index contributed by atoms with van der Waals surface area (Å²) in [5.74, 6) is -0.471. The number of aliphatic hydroxyl groups is 1. The quantitative estimate of drug-likeness (QED) is 0.371. The van der Waals surface area contributed by atoms with Gasteiger partial charge in [-0.2, -0.15) is 0 Å². The monoisotopic (exact) mass is 460 g/mol. The maximum absolute atomic E-state index is 13.1. The molecule has 7 heteroatoms. The van der Waals surface area contributed by atoms with Gasteiger partial charge in [-0.3, -0.25) is 9.52 Å². The normalized spacial score (nSPS) is 12.3. The zero-order valence-electron chi connectivity index (χ0n) is 17.8. The molecule has 0 radical (unpaired) electrons. The van der Waals surface area contributed by atoms with Crippen molar-refractivity contribution in [3.8, 4) is 0 Å². The Morgan fingerprint density at radius 3 is 2.24 bits per heavy atom. The number of rotatable bonds is 8. The average Bonchev–Trinajstić information content (AvgIpc) is 2.84. The van der Waals surface area contributed by atoms with E-state index < -0.39 is 22.0 Å². The van der Waals surface area contributed by atoms with Crippen LogP contribution in [0, 0.1) is 0 Å². The fourth-order valence-corrected chi connectivity index (χ4v) is 4.75. The lowest BCUT2D eigenvalue weighted by Crippen LogP contribution is -2.39. The second-order valence-electron chi connectivity index (χ2n) is 7.70. The minimum absolute atomic E-state index is 0.105. The van der Waals surface area contributed by atoms with Gasteiger partial charge in [-0.1, -0.05) is 72.8 Å². The number of hydrogen-bond donors (Lipinski definition) is 3. The highest BCUT2D eigenvalue weighted by Crippen LogP contribution is 2.23. The number of anilines is 1. The second-order valence-corrected chi connectivity index (χ2v) is 9.39. The molecule has 0 saturated heterocycles. The van der Waals surface area contributed by atoms with Gasteiger partial charge in [0.25, 0.3) is 15.9 Å². The first kappa shape index (κ1) is 22.5. The largest absolute Gasteiger partial charge is 0.394 e. The molecule has 33 heavy (non-hydrogen) atoms. The first-order valence-corrected chi connectivity index (χ1v) is 12.0. The van der Waals surface area contributed by atoms with Crippen LogP contribution < -0.4 is 10.0 Å². The van der Waals surface area contributed by atoms with Crippen LogP contribution in [0.4, 0.5) is 5.69 Å². The predicted octanol–water partition coefficient (Wildman–Crippen LogP) is 3.97. The Hall–Kier alpha value is -3.68. The molecular weight excluding hydrogens is 436 g/mol. The number of nitrogens with one attached hydrogen (secondary N) is 2. The van der Waals surface area contributed by atoms with E-state index in [-0.39, 0.29) is 22.8 Å². The summed E-state index contributed by atoms with van der Waals surface area (Å²) < 4.78 is 28.7. The molecule has 1 atom stereocenters. The van der Waals surface area contributed by atoms with Crippen molar-refractivity contribution in [3.63, 3.8) is 0 Å². The van der Waals surface area contributed by atoms with Gasteiger partial charge in [0.15, 0.2) is 0 Å². The van der Waals surface area contributed by atoms with Crippen LogP contribution in [0.1, 0.15) is 15.9 Å². The Morgan fingerprint density at radius 2 is 1.48 bits per heavy atom. The molecule has 0 bridgehead atoms. The molecule has 0 aliphatic heterocycles. The van der Waals surface area contributed by atoms with E-state index >= 15 is 0 Å². The minimum atomic E-state index is -3.92. The number of fused-ring (bicyclic) bond motifs is 1. The molecule has 3 N–H and O–H groups in total. The van der Waals surface area contributed by atoms with Crippen molar-refractivity contribution in [2.45, 2.75) is 17.4 Å². The topological polar surface area (TPSA) is 95.5 Å². The van der Waals surface area contributed by atoms with Crippen molar-refractivity contribution in [3.05, 3.63) is 108 Å². The molecule has 0 spiro atoms. The van der Waals surface area contributed by atoms with Crippen LogP contribution in [-0.2, 0) is 16.4 Å². The summed E-state index contributed by atoms with van der Waals surface area (Å²) >= 11 is 0. The van der Waals surface area contributed by atoms with Crippen molar-refractivity contribution in [2.75, 3.05) is 11.3 Å². The first-order chi connectivity index (χ1) is 16.0. The summed E-state index contributed by atoms with van der Waals surface area (Å²) in [5.41, 5.74) is 1.31. The van der Waals surface area contributed by atoms with Gasteiger partial charge in [-0.05, 0) is 47.0 Å². The standard InChI is InChI=1S/C26H24N2O4S/c29-18-22(16-19-8-2-1-3-9-19)27-26(30)24-12-6-7-13-25(24)28-33(31,32)23-15-14-20-10-4-5-11-21(20)17-23/h1-15,17,22,28-29H,16,18H2,(H,27,30)/t22-/m0/s1. The maximum Gasteiger partial charge on any atom is 0.261 e. The number of carbonyl (C=O) groups excluding carboxylic acids is 1. The molecule has 0 fully saturated rings. The lowest BCUT2D eigenvalue weighted by Gasteiger charge is -2.18. The van der Waals surface area contributed by atoms with Gasteiger partial charge in [0, 0.05) is 0 Å². The van der Waals surface area contributed by atoms with Crippen LogP contribution >= 0.6 is 0 Å². The van der Waals surface area contributed by atoms with Gasteiger partial charge < -0.3 is 10.4 Å². The highest BCUT2D eigenvalue weighted by molar-refractivity contribution is 7.92. The predicted molar refractivity (Wildman–Crippen MR) is 130 cm³/mol. The van der Waals surface area contributed by atoms with Gasteiger partial charge in [0.1, 0.15) is 0 Å². The fourth-order valence-electron chi connectivity index (χ4n) is 3.63. The molecule has 0 aromatic heterocycles. The zero-order valence-corrected chi connectivity index (χ0v) is 18.6. The van der Waals surface area contributed by atoms with Crippen molar-refractivity contribution >= 4 is 32.4 Å². The highest BCUT2D eigenvalue weighted by atomic mass is 32.2. The molecule has 6 nitrogen and oxygen atoms in total. The van der Waals surface area contributed by atoms with Gasteiger partial charge >= 0.3 is 0 Å². The highest BCUT2D eigenvalue weighted by Gasteiger charge is 2.21. The van der Waals surface area contributed by atoms with Crippen LogP contribution in [-0.4, -0.2) is 32.1 Å². The fraction of sp³-hybridized carbons (Fsp3) is 0.115. The Morgan fingerprint density at radius 1 is 0.818 bits per heavy atom. The van der Waals surface area contributed by atoms with E-state index in [0.29, 0.717) is 6.42 Å². The lowest BCUT2D eigenvalue weighted by atomic mass is 10.1. The van der Waals surface area contributed by atoms with Gasteiger partial charge in [-0.15, -0.1) is 0 Å². The summed E-state index contributed by atoms with van der Waals surface area (Å²) in [5, 5.41) is 14.3. The number of aliphatic hydroxyl groups excluding tert-OH is 1. The molecule has 4 aromatic rings. The third-order valence-electron chi connectivity index (χ3n) is 5.33. The minimum Gasteiger partial charge on any atom is -0.394 e. The number of carbonyl (C=O) groups is 1. The molecule has 0 aliphatic rings. The van der Waals surface area contributed by atoms with E-state index in [1.54, 1.807) is 36.4 Å². The van der Waals surface area contributed by atoms with Gasteiger partial charge in [0.05, 0.1) is 28.8 Å². The summed E-state index contributed by atoms with van der Waals surface area (Å²) in [7, 11) is -3.92. The van der Waals surface area contributed by atoms with E-state index in [1.165, 1.54) is 6.07 Å². The van der Waals surface area contributed by atoms with Crippen LogP contribution in [0.5, 0.6) is 0 Å². The molecule has 0 heterocycles. The zero-order chi connectivity index (χ0) is 23.3. The molecule has 4 aromatic carbocycles. The van der Waals surface area contributed by atoms with Crippen molar-refractivity contribution in [1.29, 1.82) is 0 Å². The van der Waals surface area contributed by atoms with E-state index in [0.717, 1.165) is 16.3 Å². The molecule has 0 aliphatic carbocycles. The number of sulfonamides is 1. The smallest absolute Gasteiger partial charge is 0.261 e. The Balaban J connectivity index is 1.55. The Kier molecular flexibility index (Phi) is 6.72. The van der Waals surface area contributed by atoms with Gasteiger partial charge in [0.2, 0.25) is 0 Å². The third-order valence-corrected chi connectivity index (χ3v) is 6.69. The first-order valence-electron chi connectivity index (χ1n) is 10.5. The van der Waals surface area contributed by atoms with Crippen LogP contribution in [0.15, 0.2) is 102 Å². The van der Waals surface area contributed by atoms with Crippen LogP contribution in [0.25, 0.3) is 10.8 Å². The summed E-state index contributed by atoms with van der Waals surface area (Å²) in [6.45, 7) is -0.244. The van der Waals surface area contributed by atoms with Crippen molar-refractivity contribution in [1.82, 2.24) is 5.32 Å². The maximum atomic E-state index is 13.1. The Bertz CT molecular complexity index is 1370. The van der Waals surface area contributed by atoms with E-state index in [2.05, 4.69) is 10.0 Å². The van der Waals surface area contributed by atoms with Crippen molar-refractivity contribution in [2.24, 2.45) is 0 Å². The summed E-state index contributed by atoms with van der Waals surface area (Å²) in [6, 6.07) is 27.8. The average molecular weight is 461 g/mol. The van der Waals surface area contributed by atoms with Crippen molar-refractivity contribution < 1.29 is 18.3 Å². The SMILES string of the molecule is O=C(N[C@H](CO)Cc1ccccc1)c1ccccc1NS(=O)(=O)c1ccc2ccccc2c1. The molecule has 0 unspecified atom stereocenters. The Labute approximate surface area is 193 Å². The summed E-state index contributed by atoms with van der Waals surface area (Å²) in [6.07, 6.45) is 0.452.